The third-order valence-corrected chi connectivity index (χ3v) is 11.2. The van der Waals surface area contributed by atoms with Gasteiger partial charge in [0.25, 0.3) is 0 Å². The van der Waals surface area contributed by atoms with Crippen molar-refractivity contribution in [3.63, 3.8) is 0 Å². The van der Waals surface area contributed by atoms with Crippen LogP contribution in [0.5, 0.6) is 0 Å². The van der Waals surface area contributed by atoms with Gasteiger partial charge in [-0.2, -0.15) is 0 Å². The lowest BCUT2D eigenvalue weighted by Crippen LogP contribution is -2.50. The minimum Gasteiger partial charge on any atom is -0.465 e. The van der Waals surface area contributed by atoms with Crippen molar-refractivity contribution in [2.45, 2.75) is 75.5 Å². The quantitative estimate of drug-likeness (QED) is 0.166. The third kappa shape index (κ3) is 6.99. The first-order chi connectivity index (χ1) is 26.2. The molecule has 2 aliphatic heterocycles. The van der Waals surface area contributed by atoms with Crippen LogP contribution in [0.1, 0.15) is 75.1 Å². The normalized spacial score (nSPS) is 20.8. The summed E-state index contributed by atoms with van der Waals surface area (Å²) >= 11 is 0. The Morgan fingerprint density at radius 2 is 1.30 bits per heavy atom. The molecule has 2 aliphatic carbocycles. The van der Waals surface area contributed by atoms with Crippen LogP contribution in [-0.4, -0.2) is 113 Å². The van der Waals surface area contributed by atoms with E-state index in [1.807, 2.05) is 29.2 Å². The van der Waals surface area contributed by atoms with Crippen molar-refractivity contribution in [2.75, 3.05) is 27.2 Å². The first-order valence-corrected chi connectivity index (χ1v) is 18.6. The molecule has 4 atom stereocenters. The second-order valence-corrected chi connectivity index (χ2v) is 14.7. The van der Waals surface area contributed by atoms with Crippen LogP contribution in [0.3, 0.4) is 0 Å². The van der Waals surface area contributed by atoms with Crippen LogP contribution in [-0.2, 0) is 14.3 Å². The topological polar surface area (TPSA) is 203 Å². The lowest BCUT2D eigenvalue weighted by molar-refractivity contribution is -0.138. The molecule has 0 bridgehead atoms. The smallest absolute Gasteiger partial charge is 0.407 e. The van der Waals surface area contributed by atoms with Gasteiger partial charge < -0.3 is 34.9 Å². The third-order valence-electron chi connectivity index (χ3n) is 11.2. The molecule has 3 aromatic heterocycles. The minimum absolute atomic E-state index is 0.0633. The number of ether oxygens (including phenoxy) is 1. The van der Waals surface area contributed by atoms with Crippen molar-refractivity contribution in [3.8, 4) is 33.9 Å². The fourth-order valence-electron chi connectivity index (χ4n) is 7.91. The predicted octanol–water partition coefficient (Wildman–Crippen LogP) is 4.77. The number of nitrogens with one attached hydrogen (secondary N) is 3. The number of alkyl carbamates (subject to hydrolysis) is 1. The summed E-state index contributed by atoms with van der Waals surface area (Å²) < 4.78 is 4.77. The maximum atomic E-state index is 13.6. The highest BCUT2D eigenvalue weighted by Crippen LogP contribution is 2.40. The van der Waals surface area contributed by atoms with Gasteiger partial charge in [-0.05, 0) is 68.8 Å². The number of likely N-dealkylation sites (N-methyl/N-ethyl adjacent to an activating group) is 1. The SMILES string of the molecule is COC(=O)N[C@H](C(=O)N1CCC[C@H]1c1ncc(-c2ccc(-c3ncc(-c4cnc([C@@H]5CCCN5C(=O)[C@H](C5CC5)N(C)C(=O)O)[nH]4)cn3)cc2)[nH]1)C1CC1. The lowest BCUT2D eigenvalue weighted by atomic mass is 10.1. The number of carbonyl (C=O) groups is 4. The predicted molar refractivity (Wildman–Crippen MR) is 194 cm³/mol. The average Bonchev–Trinajstić information content (AvgIpc) is 3.90. The van der Waals surface area contributed by atoms with E-state index < -0.39 is 24.3 Å². The fourth-order valence-corrected chi connectivity index (χ4v) is 7.91. The number of aromatic amines is 2. The second-order valence-electron chi connectivity index (χ2n) is 14.7. The Kier molecular flexibility index (Phi) is 9.50. The first-order valence-electron chi connectivity index (χ1n) is 18.6. The number of rotatable bonds is 11. The number of methoxy groups -OCH3 is 1. The van der Waals surface area contributed by atoms with E-state index >= 15 is 0 Å². The van der Waals surface area contributed by atoms with Gasteiger partial charge in [-0.25, -0.2) is 29.5 Å². The fraction of sp³-hybridized carbons (Fsp3) is 0.474. The van der Waals surface area contributed by atoms with Crippen LogP contribution in [0.4, 0.5) is 9.59 Å². The number of amides is 4. The molecule has 8 rings (SSSR count). The van der Waals surface area contributed by atoms with E-state index in [0.29, 0.717) is 30.6 Å². The van der Waals surface area contributed by atoms with Gasteiger partial charge in [-0.15, -0.1) is 0 Å². The maximum absolute atomic E-state index is 13.6. The largest absolute Gasteiger partial charge is 0.465 e. The minimum atomic E-state index is -1.10. The van der Waals surface area contributed by atoms with Gasteiger partial charge in [-0.1, -0.05) is 24.3 Å². The van der Waals surface area contributed by atoms with Crippen molar-refractivity contribution in [1.82, 2.24) is 49.9 Å². The van der Waals surface area contributed by atoms with Gasteiger partial charge in [-0.3, -0.25) is 14.5 Å². The van der Waals surface area contributed by atoms with Crippen LogP contribution in [0.2, 0.25) is 0 Å². The number of likely N-dealkylation sites (tertiary alicyclic amines) is 2. The van der Waals surface area contributed by atoms with E-state index in [0.717, 1.165) is 84.3 Å². The Bertz CT molecular complexity index is 2020. The second kappa shape index (κ2) is 14.6. The molecule has 4 amide bonds. The average molecular weight is 737 g/mol. The highest BCUT2D eigenvalue weighted by Gasteiger charge is 2.46. The van der Waals surface area contributed by atoms with Crippen molar-refractivity contribution < 1.29 is 29.0 Å². The number of aromatic nitrogens is 6. The molecule has 16 nitrogen and oxygen atoms in total. The van der Waals surface area contributed by atoms with Crippen LogP contribution >= 0.6 is 0 Å². The Hall–Kier alpha value is -5.80. The first kappa shape index (κ1) is 35.2. The molecule has 282 valence electrons. The van der Waals surface area contributed by atoms with E-state index in [1.54, 1.807) is 29.7 Å². The molecule has 4 aromatic rings. The number of carboxylic acid groups (broad SMARTS) is 1. The molecule has 2 saturated carbocycles. The van der Waals surface area contributed by atoms with E-state index in [1.165, 1.54) is 14.2 Å². The zero-order valence-corrected chi connectivity index (χ0v) is 30.3. The highest BCUT2D eigenvalue weighted by molar-refractivity contribution is 5.87. The molecular formula is C38H44N10O6. The number of carbonyl (C=O) groups excluding carboxylic acids is 3. The Morgan fingerprint density at radius 3 is 1.83 bits per heavy atom. The Labute approximate surface area is 311 Å². The van der Waals surface area contributed by atoms with Crippen LogP contribution < -0.4 is 5.32 Å². The molecular weight excluding hydrogens is 692 g/mol. The molecule has 54 heavy (non-hydrogen) atoms. The van der Waals surface area contributed by atoms with Gasteiger partial charge >= 0.3 is 12.2 Å². The van der Waals surface area contributed by atoms with Gasteiger partial charge in [0.05, 0.1) is 43.0 Å². The molecule has 0 spiro atoms. The zero-order chi connectivity index (χ0) is 37.5. The number of benzene rings is 1. The van der Waals surface area contributed by atoms with E-state index in [9.17, 15) is 24.3 Å². The Balaban J connectivity index is 0.917. The summed E-state index contributed by atoms with van der Waals surface area (Å²) in [6.45, 7) is 1.17. The molecule has 4 aliphatic rings. The lowest BCUT2D eigenvalue weighted by Gasteiger charge is -2.31. The van der Waals surface area contributed by atoms with Crippen molar-refractivity contribution >= 4 is 24.0 Å². The summed E-state index contributed by atoms with van der Waals surface area (Å²) in [7, 11) is 2.78. The van der Waals surface area contributed by atoms with Crippen LogP contribution in [0.15, 0.2) is 49.1 Å². The maximum Gasteiger partial charge on any atom is 0.407 e. The summed E-state index contributed by atoms with van der Waals surface area (Å²) in [6.07, 6.45) is 12.0. The monoisotopic (exact) mass is 736 g/mol. The zero-order valence-electron chi connectivity index (χ0n) is 30.3. The molecule has 5 heterocycles. The van der Waals surface area contributed by atoms with Gasteiger partial charge in [0.2, 0.25) is 11.8 Å². The van der Waals surface area contributed by atoms with E-state index in [2.05, 4.69) is 35.2 Å². The molecule has 0 unspecified atom stereocenters. The van der Waals surface area contributed by atoms with Gasteiger partial charge in [0, 0.05) is 43.7 Å². The van der Waals surface area contributed by atoms with Gasteiger partial charge in [0.15, 0.2) is 5.82 Å². The highest BCUT2D eigenvalue weighted by atomic mass is 16.5. The molecule has 0 radical (unpaired) electrons. The summed E-state index contributed by atoms with van der Waals surface area (Å²) in [5, 5.41) is 12.3. The number of nitrogens with zero attached hydrogens (tertiary/aromatic N) is 7. The molecule has 16 heteroatoms. The molecule has 4 fully saturated rings. The summed E-state index contributed by atoms with van der Waals surface area (Å²) in [6, 6.07) is 6.13. The van der Waals surface area contributed by atoms with Crippen molar-refractivity contribution in [1.29, 1.82) is 0 Å². The summed E-state index contributed by atoms with van der Waals surface area (Å²) in [4.78, 5) is 80.9. The molecule has 2 saturated heterocycles. The number of hydrogen-bond acceptors (Lipinski definition) is 9. The van der Waals surface area contributed by atoms with E-state index in [-0.39, 0.29) is 35.7 Å². The molecule has 4 N–H and O–H groups in total. The van der Waals surface area contributed by atoms with Gasteiger partial charge in [0.1, 0.15) is 23.7 Å². The van der Waals surface area contributed by atoms with Crippen molar-refractivity contribution in [3.05, 3.63) is 60.7 Å². The van der Waals surface area contributed by atoms with Crippen molar-refractivity contribution in [2.24, 2.45) is 11.8 Å². The number of imidazole rings is 2. The van der Waals surface area contributed by atoms with E-state index in [4.69, 9.17) is 4.74 Å². The number of H-pyrrole nitrogens is 2. The standard InChI is InChI=1S/C38H44N10O6/c1-46(38(52)53)31(23-11-12-23)36(50)48-16-4-6-29(48)34-42-20-27(44-34)25-17-39-32(40-18-25)24-13-7-21(8-14-24)26-19-41-33(43-26)28-5-3-15-47(28)35(49)30(22-9-10-22)45-37(51)54-2/h7-8,13-14,17-20,22-23,28-31H,3-6,9-12,15-16H2,1-2H3,(H,41,43)(H,42,44)(H,45,51)(H,52,53)/t28-,29-,30-,31-/m0/s1. The summed E-state index contributed by atoms with van der Waals surface area (Å²) in [5.41, 5.74) is 4.07. The summed E-state index contributed by atoms with van der Waals surface area (Å²) in [5.74, 6) is 1.88. The number of hydrogen-bond donors (Lipinski definition) is 4. The Morgan fingerprint density at radius 1 is 0.759 bits per heavy atom. The van der Waals surface area contributed by atoms with Crippen LogP contribution in [0.25, 0.3) is 33.9 Å². The van der Waals surface area contributed by atoms with Crippen LogP contribution in [0, 0.1) is 11.8 Å². The molecule has 1 aromatic carbocycles.